The molecule has 18 heavy (non-hydrogen) atoms. The number of aryl methyl sites for hydroxylation is 1. The van der Waals surface area contributed by atoms with E-state index in [-0.39, 0.29) is 5.78 Å². The summed E-state index contributed by atoms with van der Waals surface area (Å²) in [4.78, 5) is 12.4. The quantitative estimate of drug-likeness (QED) is 0.664. The van der Waals surface area contributed by atoms with Crippen LogP contribution >= 0.6 is 23.2 Å². The molecular formula is C14H11Cl2NO. The molecule has 0 atom stereocenters. The van der Waals surface area contributed by atoms with E-state index in [1.807, 2.05) is 13.0 Å². The molecule has 0 spiro atoms. The molecular weight excluding hydrogens is 269 g/mol. The van der Waals surface area contributed by atoms with E-state index in [1.54, 1.807) is 30.3 Å². The molecule has 2 rings (SSSR count). The van der Waals surface area contributed by atoms with Crippen LogP contribution in [0.2, 0.25) is 10.0 Å². The summed E-state index contributed by atoms with van der Waals surface area (Å²) in [6, 6.07) is 10.1. The molecule has 0 fully saturated rings. The number of nitrogen functional groups attached to an aromatic ring is 1. The van der Waals surface area contributed by atoms with Crippen LogP contribution in [0.15, 0.2) is 36.4 Å². The molecule has 0 amide bonds. The molecule has 92 valence electrons. The number of hydrogen-bond donors (Lipinski definition) is 1. The summed E-state index contributed by atoms with van der Waals surface area (Å²) in [5.41, 5.74) is 7.95. The maximum atomic E-state index is 12.4. The summed E-state index contributed by atoms with van der Waals surface area (Å²) >= 11 is 11.9. The highest BCUT2D eigenvalue weighted by atomic mass is 35.5. The molecule has 0 bridgehead atoms. The van der Waals surface area contributed by atoms with Crippen molar-refractivity contribution in [2.75, 3.05) is 5.73 Å². The predicted molar refractivity (Wildman–Crippen MR) is 75.5 cm³/mol. The van der Waals surface area contributed by atoms with Crippen molar-refractivity contribution in [1.29, 1.82) is 0 Å². The Hall–Kier alpha value is -1.51. The van der Waals surface area contributed by atoms with Gasteiger partial charge in [-0.25, -0.2) is 0 Å². The molecule has 0 aromatic heterocycles. The van der Waals surface area contributed by atoms with E-state index in [9.17, 15) is 4.79 Å². The van der Waals surface area contributed by atoms with Gasteiger partial charge in [-0.15, -0.1) is 0 Å². The van der Waals surface area contributed by atoms with E-state index in [0.717, 1.165) is 5.56 Å². The zero-order valence-electron chi connectivity index (χ0n) is 9.71. The molecule has 2 N–H and O–H groups in total. The standard InChI is InChI=1S/C14H11Cl2NO/c1-8-3-2-4-12(17)13(8)14(18)10-7-9(15)5-6-11(10)16/h2-7H,17H2,1H3. The van der Waals surface area contributed by atoms with Crippen molar-refractivity contribution in [2.45, 2.75) is 6.92 Å². The fourth-order valence-electron chi connectivity index (χ4n) is 1.81. The summed E-state index contributed by atoms with van der Waals surface area (Å²) in [5.74, 6) is -0.210. The number of anilines is 1. The van der Waals surface area contributed by atoms with Crippen LogP contribution in [0.3, 0.4) is 0 Å². The minimum atomic E-state index is -0.210. The molecule has 2 nitrogen and oxygen atoms in total. The Kier molecular flexibility index (Phi) is 3.60. The number of ketones is 1. The van der Waals surface area contributed by atoms with Crippen LogP contribution in [0.25, 0.3) is 0 Å². The fourth-order valence-corrected chi connectivity index (χ4v) is 2.18. The van der Waals surface area contributed by atoms with Gasteiger partial charge in [-0.1, -0.05) is 35.3 Å². The first-order valence-electron chi connectivity index (χ1n) is 5.35. The highest BCUT2D eigenvalue weighted by Gasteiger charge is 2.17. The van der Waals surface area contributed by atoms with Crippen molar-refractivity contribution in [3.63, 3.8) is 0 Å². The van der Waals surface area contributed by atoms with Gasteiger partial charge in [0.15, 0.2) is 5.78 Å². The molecule has 0 radical (unpaired) electrons. The number of carbonyl (C=O) groups is 1. The molecule has 4 heteroatoms. The van der Waals surface area contributed by atoms with Crippen LogP contribution in [-0.4, -0.2) is 5.78 Å². The second-order valence-electron chi connectivity index (χ2n) is 3.99. The van der Waals surface area contributed by atoms with Gasteiger partial charge in [0.1, 0.15) is 0 Å². The summed E-state index contributed by atoms with van der Waals surface area (Å²) < 4.78 is 0. The van der Waals surface area contributed by atoms with E-state index in [0.29, 0.717) is 26.9 Å². The number of hydrogen-bond acceptors (Lipinski definition) is 2. The van der Waals surface area contributed by atoms with Crippen LogP contribution in [0.4, 0.5) is 5.69 Å². The maximum Gasteiger partial charge on any atom is 0.196 e. The highest BCUT2D eigenvalue weighted by molar-refractivity contribution is 6.37. The van der Waals surface area contributed by atoms with Gasteiger partial charge < -0.3 is 5.73 Å². The molecule has 0 aliphatic carbocycles. The third-order valence-electron chi connectivity index (χ3n) is 2.71. The lowest BCUT2D eigenvalue weighted by molar-refractivity contribution is 0.103. The van der Waals surface area contributed by atoms with Crippen LogP contribution < -0.4 is 5.73 Å². The number of rotatable bonds is 2. The van der Waals surface area contributed by atoms with Gasteiger partial charge in [-0.05, 0) is 36.8 Å². The van der Waals surface area contributed by atoms with Gasteiger partial charge in [0, 0.05) is 21.8 Å². The molecule has 2 aromatic rings. The van der Waals surface area contributed by atoms with E-state index >= 15 is 0 Å². The van der Waals surface area contributed by atoms with Gasteiger partial charge in [0.25, 0.3) is 0 Å². The summed E-state index contributed by atoms with van der Waals surface area (Å²) in [7, 11) is 0. The molecule has 0 heterocycles. The molecule has 0 saturated heterocycles. The number of benzene rings is 2. The Morgan fingerprint density at radius 2 is 1.89 bits per heavy atom. The van der Waals surface area contributed by atoms with Crippen molar-refractivity contribution in [3.8, 4) is 0 Å². The summed E-state index contributed by atoms with van der Waals surface area (Å²) in [5, 5.41) is 0.835. The van der Waals surface area contributed by atoms with Crippen LogP contribution in [0, 0.1) is 6.92 Å². The molecule has 0 unspecified atom stereocenters. The van der Waals surface area contributed by atoms with E-state index < -0.39 is 0 Å². The first-order valence-corrected chi connectivity index (χ1v) is 6.11. The van der Waals surface area contributed by atoms with Gasteiger partial charge in [0.2, 0.25) is 0 Å². The number of carbonyl (C=O) groups excluding carboxylic acids is 1. The molecule has 0 aliphatic rings. The summed E-state index contributed by atoms with van der Waals surface area (Å²) in [6.07, 6.45) is 0. The summed E-state index contributed by atoms with van der Waals surface area (Å²) in [6.45, 7) is 1.84. The van der Waals surface area contributed by atoms with Gasteiger partial charge in [0.05, 0.1) is 5.02 Å². The third-order valence-corrected chi connectivity index (χ3v) is 3.27. The van der Waals surface area contributed by atoms with Crippen LogP contribution in [0.1, 0.15) is 21.5 Å². The van der Waals surface area contributed by atoms with Crippen molar-refractivity contribution in [2.24, 2.45) is 0 Å². The topological polar surface area (TPSA) is 43.1 Å². The van der Waals surface area contributed by atoms with Crippen LogP contribution in [-0.2, 0) is 0 Å². The lowest BCUT2D eigenvalue weighted by Crippen LogP contribution is -2.08. The van der Waals surface area contributed by atoms with E-state index in [2.05, 4.69) is 0 Å². The monoisotopic (exact) mass is 279 g/mol. The zero-order valence-corrected chi connectivity index (χ0v) is 11.2. The van der Waals surface area contributed by atoms with Gasteiger partial charge in [-0.3, -0.25) is 4.79 Å². The molecule has 0 aliphatic heterocycles. The van der Waals surface area contributed by atoms with E-state index in [1.165, 1.54) is 0 Å². The second-order valence-corrected chi connectivity index (χ2v) is 4.84. The third kappa shape index (κ3) is 2.35. The van der Waals surface area contributed by atoms with E-state index in [4.69, 9.17) is 28.9 Å². The average Bonchev–Trinajstić information content (AvgIpc) is 2.32. The minimum absolute atomic E-state index is 0.210. The van der Waals surface area contributed by atoms with Crippen molar-refractivity contribution in [1.82, 2.24) is 0 Å². The predicted octanol–water partition coefficient (Wildman–Crippen LogP) is 4.12. The largest absolute Gasteiger partial charge is 0.398 e. The normalized spacial score (nSPS) is 10.4. The van der Waals surface area contributed by atoms with Gasteiger partial charge in [-0.2, -0.15) is 0 Å². The SMILES string of the molecule is Cc1cccc(N)c1C(=O)c1cc(Cl)ccc1Cl. The first kappa shape index (κ1) is 12.9. The number of nitrogens with two attached hydrogens (primary N) is 1. The van der Waals surface area contributed by atoms with Crippen molar-refractivity contribution in [3.05, 3.63) is 63.1 Å². The lowest BCUT2D eigenvalue weighted by atomic mass is 9.97. The lowest BCUT2D eigenvalue weighted by Gasteiger charge is -2.09. The Morgan fingerprint density at radius 3 is 2.56 bits per heavy atom. The highest BCUT2D eigenvalue weighted by Crippen LogP contribution is 2.26. The first-order chi connectivity index (χ1) is 8.50. The second kappa shape index (κ2) is 5.01. The average molecular weight is 280 g/mol. The zero-order chi connectivity index (χ0) is 13.3. The van der Waals surface area contributed by atoms with Crippen molar-refractivity contribution < 1.29 is 4.79 Å². The molecule has 0 saturated carbocycles. The van der Waals surface area contributed by atoms with Crippen molar-refractivity contribution >= 4 is 34.7 Å². The Balaban J connectivity index is 2.58. The minimum Gasteiger partial charge on any atom is -0.398 e. The Labute approximate surface area is 115 Å². The maximum absolute atomic E-state index is 12.4. The Morgan fingerprint density at radius 1 is 1.17 bits per heavy atom. The van der Waals surface area contributed by atoms with Gasteiger partial charge >= 0.3 is 0 Å². The fraction of sp³-hybridized carbons (Fsp3) is 0.0714. The van der Waals surface area contributed by atoms with Crippen LogP contribution in [0.5, 0.6) is 0 Å². The smallest absolute Gasteiger partial charge is 0.196 e. The number of halogens is 2. The Bertz CT molecular complexity index is 603. The molecule has 2 aromatic carbocycles.